The maximum atomic E-state index is 5.94. The molecule has 0 spiro atoms. The van der Waals surface area contributed by atoms with Crippen molar-refractivity contribution in [2.75, 3.05) is 19.8 Å². The lowest BCUT2D eigenvalue weighted by molar-refractivity contribution is 0.0870. The number of fused-ring (bicyclic) bond motifs is 3. The Hall–Kier alpha value is -3.86. The van der Waals surface area contributed by atoms with Crippen LogP contribution in [0.3, 0.4) is 0 Å². The van der Waals surface area contributed by atoms with Crippen molar-refractivity contribution in [1.29, 1.82) is 0 Å². The fourth-order valence-corrected chi connectivity index (χ4v) is 9.23. The van der Waals surface area contributed by atoms with Crippen LogP contribution in [0.4, 0.5) is 0 Å². The monoisotopic (exact) mass is 686 g/mol. The predicted molar refractivity (Wildman–Crippen MR) is 212 cm³/mol. The van der Waals surface area contributed by atoms with Gasteiger partial charge in [-0.25, -0.2) is 0 Å². The summed E-state index contributed by atoms with van der Waals surface area (Å²) in [6.45, 7) is 15.2. The molecule has 0 saturated heterocycles. The topological polar surface area (TPSA) is 37.5 Å². The summed E-state index contributed by atoms with van der Waals surface area (Å²) in [5, 5.41) is 2.64. The van der Waals surface area contributed by atoms with Crippen LogP contribution in [-0.4, -0.2) is 37.8 Å². The van der Waals surface area contributed by atoms with Crippen LogP contribution in [-0.2, 0) is 32.3 Å². The average molecular weight is 687 g/mol. The average Bonchev–Trinajstić information content (AvgIpc) is 3.62. The number of hydrogen-bond donors (Lipinski definition) is 0. The highest BCUT2D eigenvalue weighted by atomic mass is 28.4. The minimum atomic E-state index is -3.06. The largest absolute Gasteiger partial charge is 0.591 e. The van der Waals surface area contributed by atoms with Crippen LogP contribution >= 0.6 is 0 Å². The molecule has 2 heterocycles. The third kappa shape index (κ3) is 7.87. The Bertz CT molecular complexity index is 1990. The molecule has 2 aromatic heterocycles. The van der Waals surface area contributed by atoms with Crippen molar-refractivity contribution in [3.63, 3.8) is 0 Å². The number of hydrogen-bond acceptors (Lipinski definition) is 3. The van der Waals surface area contributed by atoms with E-state index >= 15 is 0 Å². The van der Waals surface area contributed by atoms with Crippen LogP contribution in [0.2, 0.25) is 0 Å². The van der Waals surface area contributed by atoms with Crippen molar-refractivity contribution in [1.82, 2.24) is 9.13 Å². The molecule has 6 rings (SSSR count). The molecule has 1 fully saturated rings. The Labute approximate surface area is 300 Å². The second-order valence-corrected chi connectivity index (χ2v) is 16.8. The van der Waals surface area contributed by atoms with Crippen LogP contribution in [0.5, 0.6) is 0 Å². The molecule has 5 nitrogen and oxygen atoms in total. The van der Waals surface area contributed by atoms with E-state index in [9.17, 15) is 0 Å². The van der Waals surface area contributed by atoms with Gasteiger partial charge in [-0.1, -0.05) is 82.5 Å². The Morgan fingerprint density at radius 3 is 2.00 bits per heavy atom. The molecule has 1 aliphatic carbocycles. The summed E-state index contributed by atoms with van der Waals surface area (Å²) in [5.74, 6) is 4.04. The first-order valence-electron chi connectivity index (χ1n) is 18.6. The van der Waals surface area contributed by atoms with E-state index in [1.54, 1.807) is 0 Å². The van der Waals surface area contributed by atoms with Gasteiger partial charge in [0.25, 0.3) is 0 Å². The highest BCUT2D eigenvalue weighted by Gasteiger charge is 2.39. The van der Waals surface area contributed by atoms with E-state index in [1.165, 1.54) is 76.2 Å². The summed E-state index contributed by atoms with van der Waals surface area (Å²) in [7, 11) is -1.01. The molecule has 6 heteroatoms. The summed E-state index contributed by atoms with van der Waals surface area (Å²) >= 11 is 0. The standard InChI is InChI=1S/C44H54N2O3Si/c1-8-47-50(48-9-2,49-10-3)29-28-39-25-24-38(45(39)7)23-16-33-17-26-42-40(30-33)41-31-36(35-18-21-37(22-19-35)44(4,5)6)20-27-43(41)46(42)32-34-14-12-11-13-15-34/h16-27,30-31,34H,8-15,32H2,1-7H3. The van der Waals surface area contributed by atoms with Crippen molar-refractivity contribution >= 4 is 42.8 Å². The highest BCUT2D eigenvalue weighted by Crippen LogP contribution is 2.36. The molecule has 262 valence electrons. The van der Waals surface area contributed by atoms with Gasteiger partial charge in [0.1, 0.15) is 0 Å². The fourth-order valence-electron chi connectivity index (χ4n) is 7.34. The zero-order chi connectivity index (χ0) is 35.3. The van der Waals surface area contributed by atoms with Crippen molar-refractivity contribution < 1.29 is 13.3 Å². The number of rotatable bonds is 11. The third-order valence-electron chi connectivity index (χ3n) is 10.1. The molecule has 1 aliphatic rings. The molecule has 0 amide bonds. The molecule has 5 aromatic rings. The SMILES string of the molecule is CCO[Si](C#Cc1ccc(C=Cc2ccc3c(c2)c2cc(-c4ccc(C(C)(C)C)cc4)ccc2n3CC2CCCCC2)n1C)(OCC)OCC. The molecule has 50 heavy (non-hydrogen) atoms. The number of aromatic nitrogens is 2. The molecular weight excluding hydrogens is 633 g/mol. The second-order valence-electron chi connectivity index (χ2n) is 14.6. The Morgan fingerprint density at radius 1 is 0.740 bits per heavy atom. The molecule has 0 bridgehead atoms. The molecule has 3 aromatic carbocycles. The van der Waals surface area contributed by atoms with Gasteiger partial charge in [-0.15, -0.1) is 0 Å². The van der Waals surface area contributed by atoms with Gasteiger partial charge in [0.15, 0.2) is 0 Å². The molecule has 1 saturated carbocycles. The predicted octanol–water partition coefficient (Wildman–Crippen LogP) is 10.8. The van der Waals surface area contributed by atoms with Crippen LogP contribution in [0.25, 0.3) is 45.1 Å². The zero-order valence-corrected chi connectivity index (χ0v) is 32.1. The number of nitrogens with zero attached hydrogens (tertiary/aromatic N) is 2. The van der Waals surface area contributed by atoms with Crippen LogP contribution in [0.1, 0.15) is 96.2 Å². The minimum absolute atomic E-state index is 0.136. The fraction of sp³-hybridized carbons (Fsp3) is 0.409. The van der Waals surface area contributed by atoms with E-state index < -0.39 is 8.80 Å². The molecular formula is C44H54N2O3Si. The maximum Gasteiger partial charge on any atom is 0.591 e. The van der Waals surface area contributed by atoms with Gasteiger partial charge in [-0.3, -0.25) is 0 Å². The normalized spacial score (nSPS) is 14.5. The van der Waals surface area contributed by atoms with Gasteiger partial charge < -0.3 is 22.4 Å². The summed E-state index contributed by atoms with van der Waals surface area (Å²) in [6.07, 6.45) is 11.1. The maximum absolute atomic E-state index is 5.94. The molecule has 0 N–H and O–H groups in total. The van der Waals surface area contributed by atoms with E-state index in [-0.39, 0.29) is 5.41 Å². The van der Waals surface area contributed by atoms with E-state index in [4.69, 9.17) is 13.3 Å². The van der Waals surface area contributed by atoms with Gasteiger partial charge in [-0.2, -0.15) is 0 Å². The Morgan fingerprint density at radius 2 is 1.36 bits per heavy atom. The highest BCUT2D eigenvalue weighted by molar-refractivity contribution is 6.69. The van der Waals surface area contributed by atoms with Crippen LogP contribution in [0, 0.1) is 17.4 Å². The van der Waals surface area contributed by atoms with Crippen molar-refractivity contribution in [2.45, 2.75) is 85.6 Å². The van der Waals surface area contributed by atoms with Crippen molar-refractivity contribution in [3.8, 4) is 22.6 Å². The van der Waals surface area contributed by atoms with Crippen molar-refractivity contribution in [3.05, 3.63) is 95.3 Å². The molecule has 0 atom stereocenters. The first kappa shape index (κ1) is 35.9. The van der Waals surface area contributed by atoms with Gasteiger partial charge in [0.05, 0.1) is 5.69 Å². The Kier molecular flexibility index (Phi) is 11.2. The smallest absolute Gasteiger partial charge is 0.364 e. The lowest BCUT2D eigenvalue weighted by Crippen LogP contribution is -2.45. The second kappa shape index (κ2) is 15.6. The third-order valence-corrected chi connectivity index (χ3v) is 12.5. The summed E-state index contributed by atoms with van der Waals surface area (Å²) in [5.41, 5.74) is 13.1. The number of benzene rings is 3. The van der Waals surface area contributed by atoms with Gasteiger partial charge in [0, 0.05) is 60.9 Å². The molecule has 0 unspecified atom stereocenters. The summed E-state index contributed by atoms with van der Waals surface area (Å²) in [4.78, 5) is 0. The van der Waals surface area contributed by atoms with E-state index in [0.29, 0.717) is 19.8 Å². The molecule has 0 radical (unpaired) electrons. The molecule has 0 aliphatic heterocycles. The van der Waals surface area contributed by atoms with Crippen LogP contribution in [0.15, 0.2) is 72.8 Å². The summed E-state index contributed by atoms with van der Waals surface area (Å²) in [6, 6.07) is 27.3. The quantitative estimate of drug-likeness (QED) is 0.103. The summed E-state index contributed by atoms with van der Waals surface area (Å²) < 4.78 is 22.5. The zero-order valence-electron chi connectivity index (χ0n) is 31.1. The van der Waals surface area contributed by atoms with Crippen molar-refractivity contribution in [2.24, 2.45) is 13.0 Å². The van der Waals surface area contributed by atoms with E-state index in [2.05, 4.69) is 120 Å². The first-order chi connectivity index (χ1) is 24.1. The van der Waals surface area contributed by atoms with Gasteiger partial charge >= 0.3 is 8.80 Å². The van der Waals surface area contributed by atoms with Crippen LogP contribution < -0.4 is 0 Å². The van der Waals surface area contributed by atoms with E-state index in [1.807, 2.05) is 33.9 Å². The minimum Gasteiger partial charge on any atom is -0.364 e. The van der Waals surface area contributed by atoms with E-state index in [0.717, 1.165) is 23.9 Å². The lowest BCUT2D eigenvalue weighted by atomic mass is 9.86. The Balaban J connectivity index is 1.35. The van der Waals surface area contributed by atoms with Gasteiger partial charge in [-0.05, 0) is 121 Å². The lowest BCUT2D eigenvalue weighted by Gasteiger charge is -2.23. The van der Waals surface area contributed by atoms with Gasteiger partial charge in [0.2, 0.25) is 0 Å². The first-order valence-corrected chi connectivity index (χ1v) is 20.3.